The van der Waals surface area contributed by atoms with Gasteiger partial charge in [0, 0.05) is 23.5 Å². The summed E-state index contributed by atoms with van der Waals surface area (Å²) in [6, 6.07) is 11.7. The first-order chi connectivity index (χ1) is 19.6. The van der Waals surface area contributed by atoms with Gasteiger partial charge in [0.2, 0.25) is 17.7 Å². The van der Waals surface area contributed by atoms with Gasteiger partial charge in [-0.2, -0.15) is 11.8 Å². The number of carbonyl (C=O) groups excluding carboxylic acids is 3. The Kier molecular flexibility index (Phi) is 11.7. The van der Waals surface area contributed by atoms with Crippen LogP contribution in [0, 0.1) is 0 Å². The van der Waals surface area contributed by atoms with Crippen molar-refractivity contribution < 1.29 is 29.4 Å². The lowest BCUT2D eigenvalue weighted by molar-refractivity contribution is -0.143. The number of benzene rings is 2. The van der Waals surface area contributed by atoms with Gasteiger partial charge in [-0.15, -0.1) is 0 Å². The number of para-hydroxylation sites is 1. The van der Waals surface area contributed by atoms with Gasteiger partial charge in [-0.1, -0.05) is 48.5 Å². The van der Waals surface area contributed by atoms with E-state index in [-0.39, 0.29) is 19.3 Å². The van der Waals surface area contributed by atoms with Crippen molar-refractivity contribution in [3.63, 3.8) is 0 Å². The van der Waals surface area contributed by atoms with Crippen LogP contribution in [0.2, 0.25) is 0 Å². The highest BCUT2D eigenvalue weighted by Crippen LogP contribution is 2.19. The van der Waals surface area contributed by atoms with Gasteiger partial charge in [-0.05, 0) is 49.0 Å². The molecule has 41 heavy (non-hydrogen) atoms. The first-order valence-electron chi connectivity index (χ1n) is 13.3. The van der Waals surface area contributed by atoms with E-state index in [1.54, 1.807) is 36.5 Å². The Morgan fingerprint density at radius 2 is 1.56 bits per heavy atom. The molecule has 3 rings (SSSR count). The fraction of sp³-hybridized carbons (Fsp3) is 0.379. The summed E-state index contributed by atoms with van der Waals surface area (Å²) in [6.07, 6.45) is 2.81. The van der Waals surface area contributed by atoms with E-state index in [9.17, 15) is 29.4 Å². The zero-order chi connectivity index (χ0) is 29.9. The summed E-state index contributed by atoms with van der Waals surface area (Å²) in [4.78, 5) is 54.2. The molecule has 11 nitrogen and oxygen atoms in total. The molecule has 0 saturated carbocycles. The number of rotatable bonds is 15. The van der Waals surface area contributed by atoms with E-state index in [0.717, 1.165) is 16.5 Å². The number of aliphatic carboxylic acids is 1. The smallest absolute Gasteiger partial charge is 0.326 e. The van der Waals surface area contributed by atoms with Crippen molar-refractivity contribution in [3.8, 4) is 0 Å². The van der Waals surface area contributed by atoms with Crippen molar-refractivity contribution in [2.24, 2.45) is 5.73 Å². The molecule has 1 heterocycles. The zero-order valence-corrected chi connectivity index (χ0v) is 23.8. The minimum atomic E-state index is -1.45. The van der Waals surface area contributed by atoms with Crippen LogP contribution >= 0.6 is 11.8 Å². The quantitative estimate of drug-likeness (QED) is 0.138. The highest BCUT2D eigenvalue weighted by Gasteiger charge is 2.32. The van der Waals surface area contributed by atoms with Crippen LogP contribution in [-0.2, 0) is 32.0 Å². The molecule has 220 valence electrons. The van der Waals surface area contributed by atoms with E-state index < -0.39 is 54.0 Å². The zero-order valence-electron chi connectivity index (χ0n) is 23.0. The van der Waals surface area contributed by atoms with Gasteiger partial charge in [-0.3, -0.25) is 14.4 Å². The van der Waals surface area contributed by atoms with Crippen LogP contribution in [0.15, 0.2) is 60.8 Å². The highest BCUT2D eigenvalue weighted by molar-refractivity contribution is 7.98. The normalized spacial score (nSPS) is 14.8. The van der Waals surface area contributed by atoms with Crippen LogP contribution in [-0.4, -0.2) is 81.2 Å². The Balaban J connectivity index is 1.66. The molecule has 0 saturated heterocycles. The Morgan fingerprint density at radius 1 is 0.902 bits per heavy atom. The summed E-state index contributed by atoms with van der Waals surface area (Å²) < 4.78 is 0. The number of carboxylic acids is 1. The van der Waals surface area contributed by atoms with Crippen LogP contribution in [0.5, 0.6) is 0 Å². The molecule has 1 aromatic heterocycles. The number of hydrogen-bond acceptors (Lipinski definition) is 7. The Hall–Kier alpha value is -3.87. The third-order valence-electron chi connectivity index (χ3n) is 6.66. The van der Waals surface area contributed by atoms with E-state index in [1.807, 2.05) is 30.5 Å². The maximum atomic E-state index is 13.2. The number of fused-ring (bicyclic) bond motifs is 1. The molecule has 5 atom stereocenters. The summed E-state index contributed by atoms with van der Waals surface area (Å²) >= 11 is 1.47. The molecular formula is C29H37N5O6S. The number of carboxylic acid groups (broad SMARTS) is 1. The lowest BCUT2D eigenvalue weighted by Gasteiger charge is -2.26. The minimum absolute atomic E-state index is 0.0170. The molecule has 3 aromatic rings. The molecule has 0 aliphatic rings. The van der Waals surface area contributed by atoms with Crippen molar-refractivity contribution in [3.05, 3.63) is 71.9 Å². The molecule has 8 N–H and O–H groups in total. The number of nitrogens with one attached hydrogen (secondary N) is 4. The molecule has 0 radical (unpaired) electrons. The van der Waals surface area contributed by atoms with Crippen LogP contribution in [0.25, 0.3) is 10.9 Å². The summed E-state index contributed by atoms with van der Waals surface area (Å²) in [7, 11) is 0. The molecule has 2 aromatic carbocycles. The van der Waals surface area contributed by atoms with Gasteiger partial charge in [0.25, 0.3) is 0 Å². The predicted octanol–water partition coefficient (Wildman–Crippen LogP) is 0.953. The van der Waals surface area contributed by atoms with Crippen LogP contribution in [0.1, 0.15) is 24.5 Å². The molecule has 12 heteroatoms. The van der Waals surface area contributed by atoms with Crippen molar-refractivity contribution in [1.82, 2.24) is 20.9 Å². The fourth-order valence-electron chi connectivity index (χ4n) is 4.38. The molecule has 0 aliphatic carbocycles. The number of H-pyrrole nitrogens is 1. The second kappa shape index (κ2) is 15.2. The van der Waals surface area contributed by atoms with Crippen molar-refractivity contribution in [1.29, 1.82) is 0 Å². The number of carbonyl (C=O) groups is 4. The maximum absolute atomic E-state index is 13.2. The fourth-order valence-corrected chi connectivity index (χ4v) is 4.86. The van der Waals surface area contributed by atoms with Gasteiger partial charge in [0.1, 0.15) is 18.1 Å². The number of hydrogen-bond donors (Lipinski definition) is 7. The van der Waals surface area contributed by atoms with E-state index in [1.165, 1.54) is 18.7 Å². The molecule has 0 aliphatic heterocycles. The predicted molar refractivity (Wildman–Crippen MR) is 158 cm³/mol. The van der Waals surface area contributed by atoms with E-state index >= 15 is 0 Å². The third kappa shape index (κ3) is 9.07. The standard InChI is InChI=1S/C29H37N5O6S/c1-17(35)25(28(38)33-24(29(39)40)14-18-8-4-3-5-9-18)34-27(37)23(12-13-41-2)32-26(36)21(30)15-19-16-31-22-11-7-6-10-20(19)22/h3-11,16-17,21,23-25,31,35H,12-15,30H2,1-2H3,(H,32,36)(H,33,38)(H,34,37)(H,39,40). The lowest BCUT2D eigenvalue weighted by Crippen LogP contribution is -2.60. The molecule has 0 spiro atoms. The van der Waals surface area contributed by atoms with Crippen LogP contribution < -0.4 is 21.7 Å². The Labute approximate surface area is 242 Å². The summed E-state index contributed by atoms with van der Waals surface area (Å²) in [5.41, 5.74) is 8.68. The summed E-state index contributed by atoms with van der Waals surface area (Å²) in [5.74, 6) is -2.82. The monoisotopic (exact) mass is 583 g/mol. The number of thioether (sulfide) groups is 1. The number of nitrogens with two attached hydrogens (primary N) is 1. The van der Waals surface area contributed by atoms with Gasteiger partial charge in [-0.25, -0.2) is 4.79 Å². The molecule has 0 fully saturated rings. The van der Waals surface area contributed by atoms with Gasteiger partial charge in [0.15, 0.2) is 0 Å². The number of aromatic nitrogens is 1. The van der Waals surface area contributed by atoms with Gasteiger partial charge < -0.3 is 36.9 Å². The SMILES string of the molecule is CSCCC(NC(=O)C(N)Cc1c[nH]c2ccccc12)C(=O)NC(C(=O)NC(Cc1ccccc1)C(=O)O)C(C)O. The minimum Gasteiger partial charge on any atom is -0.480 e. The average Bonchev–Trinajstić information content (AvgIpc) is 3.36. The molecular weight excluding hydrogens is 546 g/mol. The second-order valence-corrected chi connectivity index (χ2v) is 10.8. The lowest BCUT2D eigenvalue weighted by atomic mass is 10.0. The number of aliphatic hydroxyl groups excluding tert-OH is 1. The van der Waals surface area contributed by atoms with Crippen LogP contribution in [0.4, 0.5) is 0 Å². The van der Waals surface area contributed by atoms with Gasteiger partial charge >= 0.3 is 5.97 Å². The highest BCUT2D eigenvalue weighted by atomic mass is 32.2. The van der Waals surface area contributed by atoms with E-state index in [2.05, 4.69) is 20.9 Å². The summed E-state index contributed by atoms with van der Waals surface area (Å²) in [6.45, 7) is 1.31. The van der Waals surface area contributed by atoms with Crippen LogP contribution in [0.3, 0.4) is 0 Å². The first kappa shape index (κ1) is 31.7. The van der Waals surface area contributed by atoms with Crippen molar-refractivity contribution in [2.75, 3.05) is 12.0 Å². The first-order valence-corrected chi connectivity index (χ1v) is 14.7. The van der Waals surface area contributed by atoms with Gasteiger partial charge in [0.05, 0.1) is 12.1 Å². The second-order valence-electron chi connectivity index (χ2n) is 9.83. The van der Waals surface area contributed by atoms with E-state index in [0.29, 0.717) is 11.3 Å². The van der Waals surface area contributed by atoms with E-state index in [4.69, 9.17) is 5.73 Å². The summed E-state index contributed by atoms with van der Waals surface area (Å²) in [5, 5.41) is 28.5. The largest absolute Gasteiger partial charge is 0.480 e. The molecule has 3 amide bonds. The molecule has 5 unspecified atom stereocenters. The molecule has 0 bridgehead atoms. The topological polar surface area (TPSA) is 187 Å². The Morgan fingerprint density at radius 3 is 2.22 bits per heavy atom. The van der Waals surface area contributed by atoms with Crippen molar-refractivity contribution >= 4 is 46.4 Å². The number of amides is 3. The third-order valence-corrected chi connectivity index (χ3v) is 7.30. The van der Waals surface area contributed by atoms with Crippen molar-refractivity contribution in [2.45, 2.75) is 56.5 Å². The maximum Gasteiger partial charge on any atom is 0.326 e. The number of aliphatic hydroxyl groups is 1. The average molecular weight is 584 g/mol. The number of aromatic amines is 1. The Bertz CT molecular complexity index is 1330.